The van der Waals surface area contributed by atoms with Gasteiger partial charge in [0.1, 0.15) is 0 Å². The smallest absolute Gasteiger partial charge is 0.239 e. The second-order valence-corrected chi connectivity index (χ2v) is 5.38. The maximum atomic E-state index is 12.3. The van der Waals surface area contributed by atoms with Gasteiger partial charge in [0.05, 0.1) is 23.8 Å². The molecule has 0 radical (unpaired) electrons. The quantitative estimate of drug-likeness (QED) is 0.896. The van der Waals surface area contributed by atoms with Crippen molar-refractivity contribution in [1.82, 2.24) is 20.0 Å². The van der Waals surface area contributed by atoms with Crippen molar-refractivity contribution in [2.45, 2.75) is 25.9 Å². The van der Waals surface area contributed by atoms with E-state index in [1.807, 2.05) is 35.7 Å². The van der Waals surface area contributed by atoms with Gasteiger partial charge in [0.25, 0.3) is 0 Å². The lowest BCUT2D eigenvalue weighted by Gasteiger charge is -2.21. The third kappa shape index (κ3) is 2.29. The zero-order valence-corrected chi connectivity index (χ0v) is 12.0. The Labute approximate surface area is 118 Å². The minimum Gasteiger partial charge on any atom is -0.335 e. The van der Waals surface area contributed by atoms with Gasteiger partial charge in [-0.2, -0.15) is 5.10 Å². The second kappa shape index (κ2) is 5.25. The molecule has 1 aliphatic rings. The maximum absolute atomic E-state index is 12.3. The highest BCUT2D eigenvalue weighted by molar-refractivity contribution is 5.84. The van der Waals surface area contributed by atoms with Gasteiger partial charge in [0, 0.05) is 19.0 Å². The zero-order chi connectivity index (χ0) is 14.1. The molecule has 1 fully saturated rings. The van der Waals surface area contributed by atoms with Crippen LogP contribution < -0.4 is 5.32 Å². The van der Waals surface area contributed by atoms with E-state index in [1.54, 1.807) is 0 Å². The Kier molecular flexibility index (Phi) is 3.44. The van der Waals surface area contributed by atoms with Gasteiger partial charge in [-0.05, 0) is 26.0 Å². The highest BCUT2D eigenvalue weighted by Gasteiger charge is 2.24. The summed E-state index contributed by atoms with van der Waals surface area (Å²) >= 11 is 0. The molecule has 3 rings (SSSR count). The van der Waals surface area contributed by atoms with E-state index in [4.69, 9.17) is 0 Å². The molecule has 1 N–H and O–H groups in total. The first kappa shape index (κ1) is 13.1. The fraction of sp³-hybridized carbons (Fsp3) is 0.467. The molecule has 0 spiro atoms. The summed E-state index contributed by atoms with van der Waals surface area (Å²) in [5.41, 5.74) is 2.08. The van der Waals surface area contributed by atoms with E-state index in [1.165, 1.54) is 0 Å². The van der Waals surface area contributed by atoms with E-state index in [0.29, 0.717) is 6.54 Å². The largest absolute Gasteiger partial charge is 0.335 e. The number of para-hydroxylation sites is 1. The molecule has 1 atom stereocenters. The fourth-order valence-corrected chi connectivity index (χ4v) is 2.80. The molecule has 0 aliphatic carbocycles. The summed E-state index contributed by atoms with van der Waals surface area (Å²) in [5.74, 6) is 0.164. The van der Waals surface area contributed by atoms with Crippen molar-refractivity contribution in [2.24, 2.45) is 7.05 Å². The van der Waals surface area contributed by atoms with Crippen LogP contribution in [0.3, 0.4) is 0 Å². The molecule has 2 aromatic rings. The summed E-state index contributed by atoms with van der Waals surface area (Å²) in [5, 5.41) is 8.94. The van der Waals surface area contributed by atoms with Gasteiger partial charge in [-0.3, -0.25) is 9.48 Å². The summed E-state index contributed by atoms with van der Waals surface area (Å²) in [6.07, 6.45) is 0.987. The Morgan fingerprint density at radius 2 is 2.20 bits per heavy atom. The number of aromatic nitrogens is 2. The SMILES string of the molecule is CC1NCCCN(Cc2nn(C)c3ccccc23)C1=O. The normalized spacial score (nSPS) is 20.4. The third-order valence-corrected chi connectivity index (χ3v) is 3.91. The van der Waals surface area contributed by atoms with E-state index in [9.17, 15) is 4.79 Å². The first-order valence-corrected chi connectivity index (χ1v) is 7.09. The number of nitrogens with one attached hydrogen (secondary N) is 1. The van der Waals surface area contributed by atoms with E-state index < -0.39 is 0 Å². The lowest BCUT2D eigenvalue weighted by molar-refractivity contribution is -0.132. The van der Waals surface area contributed by atoms with Crippen molar-refractivity contribution in [3.8, 4) is 0 Å². The number of benzene rings is 1. The van der Waals surface area contributed by atoms with Crippen molar-refractivity contribution in [3.05, 3.63) is 30.0 Å². The number of aryl methyl sites for hydroxylation is 1. The number of carbonyl (C=O) groups is 1. The summed E-state index contributed by atoms with van der Waals surface area (Å²) in [7, 11) is 1.94. The molecule has 106 valence electrons. The van der Waals surface area contributed by atoms with Crippen molar-refractivity contribution >= 4 is 16.8 Å². The number of carbonyl (C=O) groups excluding carboxylic acids is 1. The average Bonchev–Trinajstić information content (AvgIpc) is 2.69. The molecule has 0 bridgehead atoms. The number of amides is 1. The van der Waals surface area contributed by atoms with Crippen molar-refractivity contribution in [2.75, 3.05) is 13.1 Å². The van der Waals surface area contributed by atoms with E-state index in [-0.39, 0.29) is 11.9 Å². The first-order chi connectivity index (χ1) is 9.66. The average molecular weight is 272 g/mol. The Bertz CT molecular complexity index is 634. The summed E-state index contributed by atoms with van der Waals surface area (Å²) < 4.78 is 1.88. The Morgan fingerprint density at radius 1 is 1.40 bits per heavy atom. The van der Waals surface area contributed by atoms with Gasteiger partial charge in [-0.1, -0.05) is 18.2 Å². The topological polar surface area (TPSA) is 50.2 Å². The number of nitrogens with zero attached hydrogens (tertiary/aromatic N) is 3. The van der Waals surface area contributed by atoms with Crippen LogP contribution in [0.4, 0.5) is 0 Å². The number of hydrogen-bond donors (Lipinski definition) is 1. The standard InChI is InChI=1S/C15H20N4O/c1-11-15(20)19(9-5-8-16-11)10-13-12-6-3-4-7-14(12)18(2)17-13/h3-4,6-7,11,16H,5,8-10H2,1-2H3. The molecule has 20 heavy (non-hydrogen) atoms. The van der Waals surface area contributed by atoms with Crippen molar-refractivity contribution < 1.29 is 4.79 Å². The van der Waals surface area contributed by atoms with Gasteiger partial charge in [-0.25, -0.2) is 0 Å². The maximum Gasteiger partial charge on any atom is 0.239 e. The van der Waals surface area contributed by atoms with Crippen LogP contribution in [0.25, 0.3) is 10.9 Å². The molecule has 1 aromatic carbocycles. The lowest BCUT2D eigenvalue weighted by Crippen LogP contribution is -2.41. The van der Waals surface area contributed by atoms with Crippen LogP contribution in [0, 0.1) is 0 Å². The summed E-state index contributed by atoms with van der Waals surface area (Å²) in [4.78, 5) is 14.2. The van der Waals surface area contributed by atoms with Gasteiger partial charge in [0.2, 0.25) is 5.91 Å². The van der Waals surface area contributed by atoms with Gasteiger partial charge >= 0.3 is 0 Å². The van der Waals surface area contributed by atoms with Crippen molar-refractivity contribution in [1.29, 1.82) is 0 Å². The lowest BCUT2D eigenvalue weighted by atomic mass is 10.2. The van der Waals surface area contributed by atoms with Crippen LogP contribution in [-0.4, -0.2) is 39.7 Å². The molecule has 1 unspecified atom stereocenters. The molecule has 2 heterocycles. The Balaban J connectivity index is 1.90. The highest BCUT2D eigenvalue weighted by Crippen LogP contribution is 2.19. The predicted molar refractivity (Wildman–Crippen MR) is 78.2 cm³/mol. The zero-order valence-electron chi connectivity index (χ0n) is 12.0. The first-order valence-electron chi connectivity index (χ1n) is 7.09. The summed E-state index contributed by atoms with van der Waals surface area (Å²) in [6.45, 7) is 4.21. The molecule has 0 saturated carbocycles. The highest BCUT2D eigenvalue weighted by atomic mass is 16.2. The van der Waals surface area contributed by atoms with Crippen molar-refractivity contribution in [3.63, 3.8) is 0 Å². The van der Waals surface area contributed by atoms with Crippen LogP contribution in [0.15, 0.2) is 24.3 Å². The fourth-order valence-electron chi connectivity index (χ4n) is 2.80. The molecular weight excluding hydrogens is 252 g/mol. The number of fused-ring (bicyclic) bond motifs is 1. The third-order valence-electron chi connectivity index (χ3n) is 3.91. The minimum atomic E-state index is -0.104. The van der Waals surface area contributed by atoms with Crippen LogP contribution in [-0.2, 0) is 18.4 Å². The molecule has 5 nitrogen and oxygen atoms in total. The van der Waals surface area contributed by atoms with Gasteiger partial charge in [0.15, 0.2) is 0 Å². The molecule has 1 amide bonds. The summed E-state index contributed by atoms with van der Waals surface area (Å²) in [6, 6.07) is 8.05. The second-order valence-electron chi connectivity index (χ2n) is 5.38. The molecule has 1 aromatic heterocycles. The Morgan fingerprint density at radius 3 is 3.05 bits per heavy atom. The molecular formula is C15H20N4O. The number of hydrogen-bond acceptors (Lipinski definition) is 3. The monoisotopic (exact) mass is 272 g/mol. The Hall–Kier alpha value is -1.88. The van der Waals surface area contributed by atoms with Gasteiger partial charge < -0.3 is 10.2 Å². The molecule has 1 saturated heterocycles. The van der Waals surface area contributed by atoms with Crippen LogP contribution in [0.5, 0.6) is 0 Å². The van der Waals surface area contributed by atoms with Crippen LogP contribution in [0.1, 0.15) is 19.0 Å². The van der Waals surface area contributed by atoms with E-state index in [0.717, 1.165) is 36.1 Å². The predicted octanol–water partition coefficient (Wildman–Crippen LogP) is 1.28. The van der Waals surface area contributed by atoms with Crippen LogP contribution >= 0.6 is 0 Å². The minimum absolute atomic E-state index is 0.104. The van der Waals surface area contributed by atoms with E-state index in [2.05, 4.69) is 22.5 Å². The van der Waals surface area contributed by atoms with Gasteiger partial charge in [-0.15, -0.1) is 0 Å². The number of rotatable bonds is 2. The van der Waals surface area contributed by atoms with E-state index >= 15 is 0 Å². The van der Waals surface area contributed by atoms with Crippen LogP contribution in [0.2, 0.25) is 0 Å². The molecule has 1 aliphatic heterocycles. The molecule has 5 heteroatoms.